The molecule has 1 aromatic rings. The van der Waals surface area contributed by atoms with Crippen LogP contribution in [0.5, 0.6) is 0 Å². The number of aromatic carboxylic acids is 1. The van der Waals surface area contributed by atoms with Gasteiger partial charge in [0.2, 0.25) is 5.91 Å². The van der Waals surface area contributed by atoms with Crippen molar-refractivity contribution in [1.29, 1.82) is 0 Å². The molecular weight excluding hydrogens is 411 g/mol. The minimum absolute atomic E-state index is 0.00114. The lowest BCUT2D eigenvalue weighted by atomic mass is 9.82. The molecule has 0 aliphatic heterocycles. The molecule has 0 radical (unpaired) electrons. The zero-order chi connectivity index (χ0) is 22.9. The van der Waals surface area contributed by atoms with E-state index in [-0.39, 0.29) is 61.0 Å². The van der Waals surface area contributed by atoms with Crippen molar-refractivity contribution in [2.75, 3.05) is 4.90 Å². The Morgan fingerprint density at radius 3 is 2.16 bits per heavy atom. The molecule has 2 fully saturated rings. The second-order valence-electron chi connectivity index (χ2n) is 9.46. The van der Waals surface area contributed by atoms with Crippen LogP contribution in [-0.2, 0) is 4.79 Å². The van der Waals surface area contributed by atoms with Crippen molar-refractivity contribution < 1.29 is 27.9 Å². The number of carbonyl (C=O) groups is 2. The SMILES string of the molecule is CC1CCC(C(=O)N(c2nn(C3CCC(C(F)(F)F)CC3)cc2C(=O)O)C(C)C)CC1. The highest BCUT2D eigenvalue weighted by Gasteiger charge is 2.42. The van der Waals surface area contributed by atoms with E-state index in [1.165, 1.54) is 15.8 Å². The Morgan fingerprint density at radius 1 is 1.10 bits per heavy atom. The van der Waals surface area contributed by atoms with Crippen molar-refractivity contribution >= 4 is 17.7 Å². The number of rotatable bonds is 5. The molecule has 3 rings (SSSR count). The number of carbonyl (C=O) groups excluding carboxylic acids is 1. The van der Waals surface area contributed by atoms with Crippen LogP contribution in [0.15, 0.2) is 6.20 Å². The summed E-state index contributed by atoms with van der Waals surface area (Å²) in [6.45, 7) is 5.81. The topological polar surface area (TPSA) is 75.4 Å². The Balaban J connectivity index is 1.84. The van der Waals surface area contributed by atoms with Gasteiger partial charge in [0.25, 0.3) is 0 Å². The summed E-state index contributed by atoms with van der Waals surface area (Å²) >= 11 is 0. The number of carboxylic acid groups (broad SMARTS) is 1. The fourth-order valence-corrected chi connectivity index (χ4v) is 4.87. The van der Waals surface area contributed by atoms with Crippen LogP contribution in [0.2, 0.25) is 0 Å². The lowest BCUT2D eigenvalue weighted by molar-refractivity contribution is -0.183. The molecule has 0 unspecified atom stereocenters. The maximum atomic E-state index is 13.3. The Hall–Kier alpha value is -2.06. The lowest BCUT2D eigenvalue weighted by Crippen LogP contribution is -2.43. The highest BCUT2D eigenvalue weighted by Crippen LogP contribution is 2.41. The monoisotopic (exact) mass is 443 g/mol. The lowest BCUT2D eigenvalue weighted by Gasteiger charge is -2.33. The maximum absolute atomic E-state index is 13.3. The first-order valence-corrected chi connectivity index (χ1v) is 11.2. The van der Waals surface area contributed by atoms with Crippen LogP contribution in [0.4, 0.5) is 19.0 Å². The quantitative estimate of drug-likeness (QED) is 0.657. The molecule has 1 aromatic heterocycles. The molecular formula is C22H32F3N3O3. The largest absolute Gasteiger partial charge is 0.477 e. The number of amides is 1. The molecule has 2 saturated carbocycles. The number of hydrogen-bond donors (Lipinski definition) is 1. The highest BCUT2D eigenvalue weighted by molar-refractivity contribution is 6.01. The number of alkyl halides is 3. The summed E-state index contributed by atoms with van der Waals surface area (Å²) in [5, 5.41) is 14.2. The molecule has 2 aliphatic rings. The number of nitrogens with zero attached hydrogens (tertiary/aromatic N) is 3. The van der Waals surface area contributed by atoms with Crippen LogP contribution in [0.3, 0.4) is 0 Å². The fraction of sp³-hybridized carbons (Fsp3) is 0.773. The molecule has 2 aliphatic carbocycles. The van der Waals surface area contributed by atoms with E-state index in [1.807, 2.05) is 13.8 Å². The zero-order valence-electron chi connectivity index (χ0n) is 18.4. The van der Waals surface area contributed by atoms with Gasteiger partial charge in [0.1, 0.15) is 5.56 Å². The predicted molar refractivity (Wildman–Crippen MR) is 110 cm³/mol. The van der Waals surface area contributed by atoms with Gasteiger partial charge in [-0.2, -0.15) is 18.3 Å². The summed E-state index contributed by atoms with van der Waals surface area (Å²) in [4.78, 5) is 26.7. The molecule has 1 N–H and O–H groups in total. The third kappa shape index (κ3) is 5.23. The van der Waals surface area contributed by atoms with Crippen molar-refractivity contribution in [3.63, 3.8) is 0 Å². The molecule has 6 nitrogen and oxygen atoms in total. The van der Waals surface area contributed by atoms with Gasteiger partial charge < -0.3 is 5.11 Å². The number of halogens is 3. The molecule has 31 heavy (non-hydrogen) atoms. The Bertz CT molecular complexity index is 790. The summed E-state index contributed by atoms with van der Waals surface area (Å²) < 4.78 is 40.4. The van der Waals surface area contributed by atoms with E-state index >= 15 is 0 Å². The van der Waals surface area contributed by atoms with Crippen LogP contribution in [0.1, 0.15) is 88.5 Å². The van der Waals surface area contributed by atoms with Crippen molar-refractivity contribution in [3.05, 3.63) is 11.8 Å². The van der Waals surface area contributed by atoms with E-state index < -0.39 is 18.1 Å². The van der Waals surface area contributed by atoms with Gasteiger partial charge in [-0.25, -0.2) is 4.79 Å². The molecule has 174 valence electrons. The number of aromatic nitrogens is 2. The van der Waals surface area contributed by atoms with Gasteiger partial charge in [-0.05, 0) is 71.1 Å². The van der Waals surface area contributed by atoms with Gasteiger partial charge in [-0.1, -0.05) is 6.92 Å². The Labute approximate surface area is 180 Å². The van der Waals surface area contributed by atoms with Gasteiger partial charge in [0.15, 0.2) is 5.82 Å². The van der Waals surface area contributed by atoms with E-state index in [0.717, 1.165) is 25.7 Å². The highest BCUT2D eigenvalue weighted by atomic mass is 19.4. The number of hydrogen-bond acceptors (Lipinski definition) is 3. The second-order valence-corrected chi connectivity index (χ2v) is 9.46. The number of carboxylic acids is 1. The zero-order valence-corrected chi connectivity index (χ0v) is 18.4. The summed E-state index contributed by atoms with van der Waals surface area (Å²) in [6.07, 6.45) is 1.20. The third-order valence-corrected chi connectivity index (χ3v) is 6.82. The van der Waals surface area contributed by atoms with Gasteiger partial charge in [0, 0.05) is 18.2 Å². The minimum Gasteiger partial charge on any atom is -0.477 e. The molecule has 0 atom stereocenters. The first-order chi connectivity index (χ1) is 14.5. The van der Waals surface area contributed by atoms with Gasteiger partial charge in [0.05, 0.1) is 12.0 Å². The van der Waals surface area contributed by atoms with Crippen LogP contribution in [0, 0.1) is 17.8 Å². The standard InChI is InChI=1S/C22H32F3N3O3/c1-13(2)28(20(29)15-6-4-14(3)5-7-15)19-18(21(30)31)12-27(26-19)17-10-8-16(9-11-17)22(23,24)25/h12-17H,4-11H2,1-3H3,(H,30,31). The van der Waals surface area contributed by atoms with E-state index in [4.69, 9.17) is 0 Å². The molecule has 9 heteroatoms. The summed E-state index contributed by atoms with van der Waals surface area (Å²) in [7, 11) is 0. The maximum Gasteiger partial charge on any atom is 0.391 e. The fourth-order valence-electron chi connectivity index (χ4n) is 4.87. The van der Waals surface area contributed by atoms with E-state index in [2.05, 4.69) is 12.0 Å². The minimum atomic E-state index is -4.20. The van der Waals surface area contributed by atoms with Gasteiger partial charge >= 0.3 is 12.1 Å². The smallest absolute Gasteiger partial charge is 0.391 e. The average molecular weight is 444 g/mol. The normalized spacial score (nSPS) is 27.3. The van der Waals surface area contributed by atoms with Crippen molar-refractivity contribution in [2.45, 2.75) is 90.4 Å². The van der Waals surface area contributed by atoms with E-state index in [1.54, 1.807) is 0 Å². The van der Waals surface area contributed by atoms with Crippen molar-refractivity contribution in [1.82, 2.24) is 9.78 Å². The van der Waals surface area contributed by atoms with Crippen molar-refractivity contribution in [3.8, 4) is 0 Å². The van der Waals surface area contributed by atoms with Crippen molar-refractivity contribution in [2.24, 2.45) is 17.8 Å². The molecule has 0 aromatic carbocycles. The van der Waals surface area contributed by atoms with Crippen LogP contribution in [-0.4, -0.2) is 39.0 Å². The van der Waals surface area contributed by atoms with Crippen LogP contribution in [0.25, 0.3) is 0 Å². The summed E-state index contributed by atoms with van der Waals surface area (Å²) in [5.41, 5.74) is -0.0795. The molecule has 1 heterocycles. The predicted octanol–water partition coefficient (Wildman–Crippen LogP) is 5.44. The van der Waals surface area contributed by atoms with E-state index in [9.17, 15) is 27.9 Å². The molecule has 0 bridgehead atoms. The van der Waals surface area contributed by atoms with Crippen LogP contribution >= 0.6 is 0 Å². The first kappa shape index (κ1) is 23.6. The van der Waals surface area contributed by atoms with Gasteiger partial charge in [-0.15, -0.1) is 0 Å². The third-order valence-electron chi connectivity index (χ3n) is 6.82. The summed E-state index contributed by atoms with van der Waals surface area (Å²) in [6, 6.07) is -0.584. The number of anilines is 1. The average Bonchev–Trinajstić information content (AvgIpc) is 3.13. The van der Waals surface area contributed by atoms with Crippen LogP contribution < -0.4 is 4.90 Å². The Morgan fingerprint density at radius 2 is 1.68 bits per heavy atom. The first-order valence-electron chi connectivity index (χ1n) is 11.2. The molecule has 1 amide bonds. The van der Waals surface area contributed by atoms with E-state index in [0.29, 0.717) is 5.92 Å². The van der Waals surface area contributed by atoms with Gasteiger partial charge in [-0.3, -0.25) is 14.4 Å². The second kappa shape index (κ2) is 9.20. The Kier molecular flexibility index (Phi) is 7.01. The summed E-state index contributed by atoms with van der Waals surface area (Å²) in [5.74, 6) is -2.11. The molecule has 0 saturated heterocycles. The molecule has 0 spiro atoms.